The molecule has 1 aromatic carbocycles. The Labute approximate surface area is 184 Å². The van der Waals surface area contributed by atoms with Crippen molar-refractivity contribution in [3.05, 3.63) is 41.2 Å². The van der Waals surface area contributed by atoms with Gasteiger partial charge in [-0.15, -0.1) is 0 Å². The Kier molecular flexibility index (Phi) is 7.36. The molecule has 1 aromatic heterocycles. The average molecular weight is 428 g/mol. The summed E-state index contributed by atoms with van der Waals surface area (Å²) in [4.78, 5) is 27.6. The van der Waals surface area contributed by atoms with Gasteiger partial charge >= 0.3 is 5.97 Å². The van der Waals surface area contributed by atoms with Crippen LogP contribution in [0.1, 0.15) is 55.4 Å². The maximum atomic E-state index is 13.6. The Morgan fingerprint density at radius 1 is 1.23 bits per heavy atom. The van der Waals surface area contributed by atoms with Crippen LogP contribution in [0.2, 0.25) is 0 Å². The van der Waals surface area contributed by atoms with E-state index in [0.717, 1.165) is 35.7 Å². The SMILES string of the molecule is CCOC(=O)[C@H]1CCCN(C(=O)c2c(CC(C)C)nn(-c3ccc(OC)cc3)c2C)C1. The number of carbonyl (C=O) groups is 2. The molecule has 0 bridgehead atoms. The normalized spacial score (nSPS) is 16.5. The minimum Gasteiger partial charge on any atom is -0.497 e. The molecule has 1 atom stereocenters. The number of ether oxygens (including phenoxy) is 2. The number of hydrogen-bond acceptors (Lipinski definition) is 5. The minimum atomic E-state index is -0.261. The smallest absolute Gasteiger partial charge is 0.310 e. The van der Waals surface area contributed by atoms with Crippen LogP contribution >= 0.6 is 0 Å². The Hall–Kier alpha value is -2.83. The van der Waals surface area contributed by atoms with Crippen molar-refractivity contribution < 1.29 is 19.1 Å². The number of likely N-dealkylation sites (tertiary alicyclic amines) is 1. The van der Waals surface area contributed by atoms with Crippen molar-refractivity contribution in [2.75, 3.05) is 26.8 Å². The molecule has 0 N–H and O–H groups in total. The summed E-state index contributed by atoms with van der Waals surface area (Å²) in [6, 6.07) is 7.64. The molecule has 1 aliphatic rings. The Morgan fingerprint density at radius 3 is 2.55 bits per heavy atom. The lowest BCUT2D eigenvalue weighted by molar-refractivity contribution is -0.149. The van der Waals surface area contributed by atoms with Crippen LogP contribution in [0.3, 0.4) is 0 Å². The number of carbonyl (C=O) groups excluding carboxylic acids is 2. The lowest BCUT2D eigenvalue weighted by Crippen LogP contribution is -2.43. The van der Waals surface area contributed by atoms with Gasteiger partial charge < -0.3 is 14.4 Å². The molecule has 1 aliphatic heterocycles. The van der Waals surface area contributed by atoms with Gasteiger partial charge in [0.2, 0.25) is 0 Å². The van der Waals surface area contributed by atoms with Crippen molar-refractivity contribution in [2.45, 2.75) is 47.0 Å². The molecule has 31 heavy (non-hydrogen) atoms. The average Bonchev–Trinajstić information content (AvgIpc) is 3.08. The van der Waals surface area contributed by atoms with Gasteiger partial charge in [-0.3, -0.25) is 9.59 Å². The van der Waals surface area contributed by atoms with Crippen molar-refractivity contribution in [3.63, 3.8) is 0 Å². The number of piperidine rings is 1. The van der Waals surface area contributed by atoms with Crippen LogP contribution in [0.4, 0.5) is 0 Å². The molecule has 0 saturated carbocycles. The fraction of sp³-hybridized carbons (Fsp3) is 0.542. The minimum absolute atomic E-state index is 0.0538. The molecule has 0 radical (unpaired) electrons. The first-order chi connectivity index (χ1) is 14.8. The third-order valence-corrected chi connectivity index (χ3v) is 5.65. The summed E-state index contributed by atoms with van der Waals surface area (Å²) in [7, 11) is 1.63. The van der Waals surface area contributed by atoms with Gasteiger partial charge in [0.05, 0.1) is 42.3 Å². The molecule has 2 aromatic rings. The van der Waals surface area contributed by atoms with Crippen LogP contribution in [0.5, 0.6) is 5.75 Å². The van der Waals surface area contributed by atoms with Gasteiger partial charge in [-0.25, -0.2) is 4.68 Å². The molecule has 1 fully saturated rings. The number of aromatic nitrogens is 2. The summed E-state index contributed by atoms with van der Waals surface area (Å²) >= 11 is 0. The summed E-state index contributed by atoms with van der Waals surface area (Å²) in [6.45, 7) is 9.37. The second-order valence-corrected chi connectivity index (χ2v) is 8.46. The molecule has 7 heteroatoms. The molecule has 3 rings (SSSR count). The van der Waals surface area contributed by atoms with Crippen molar-refractivity contribution in [3.8, 4) is 11.4 Å². The highest BCUT2D eigenvalue weighted by atomic mass is 16.5. The van der Waals surface area contributed by atoms with E-state index in [-0.39, 0.29) is 17.8 Å². The van der Waals surface area contributed by atoms with Gasteiger partial charge in [0.1, 0.15) is 5.75 Å². The Bertz CT molecular complexity index is 918. The lowest BCUT2D eigenvalue weighted by atomic mass is 9.96. The number of amides is 1. The molecule has 7 nitrogen and oxygen atoms in total. The van der Waals surface area contributed by atoms with E-state index in [1.165, 1.54) is 0 Å². The number of esters is 1. The summed E-state index contributed by atoms with van der Waals surface area (Å²) in [5.74, 6) is 0.600. The van der Waals surface area contributed by atoms with Crippen LogP contribution in [0, 0.1) is 18.8 Å². The third kappa shape index (κ3) is 5.09. The molecule has 1 amide bonds. The van der Waals surface area contributed by atoms with Crippen LogP contribution < -0.4 is 4.74 Å². The Morgan fingerprint density at radius 2 is 1.94 bits per heavy atom. The zero-order chi connectivity index (χ0) is 22.5. The second kappa shape index (κ2) is 9.98. The summed E-state index contributed by atoms with van der Waals surface area (Å²) in [5.41, 5.74) is 3.13. The van der Waals surface area contributed by atoms with Crippen LogP contribution in [-0.2, 0) is 16.0 Å². The first-order valence-corrected chi connectivity index (χ1v) is 11.0. The summed E-state index contributed by atoms with van der Waals surface area (Å²) < 4.78 is 12.3. The summed E-state index contributed by atoms with van der Waals surface area (Å²) in [5, 5.41) is 4.81. The van der Waals surface area contributed by atoms with E-state index in [2.05, 4.69) is 13.8 Å². The van der Waals surface area contributed by atoms with E-state index in [0.29, 0.717) is 37.6 Å². The molecule has 0 aliphatic carbocycles. The van der Waals surface area contributed by atoms with Crippen LogP contribution in [0.15, 0.2) is 24.3 Å². The van der Waals surface area contributed by atoms with Crippen molar-refractivity contribution >= 4 is 11.9 Å². The van der Waals surface area contributed by atoms with E-state index < -0.39 is 0 Å². The first-order valence-electron chi connectivity index (χ1n) is 11.0. The quantitative estimate of drug-likeness (QED) is 0.629. The number of rotatable bonds is 7. The van der Waals surface area contributed by atoms with Gasteiger partial charge in [0.25, 0.3) is 5.91 Å². The van der Waals surface area contributed by atoms with E-state index in [4.69, 9.17) is 14.6 Å². The zero-order valence-electron chi connectivity index (χ0n) is 19.2. The largest absolute Gasteiger partial charge is 0.497 e. The monoisotopic (exact) mass is 427 g/mol. The first kappa shape index (κ1) is 22.8. The Balaban J connectivity index is 1.93. The van der Waals surface area contributed by atoms with E-state index >= 15 is 0 Å². The summed E-state index contributed by atoms with van der Waals surface area (Å²) in [6.07, 6.45) is 2.26. The van der Waals surface area contributed by atoms with Gasteiger partial charge in [-0.2, -0.15) is 5.10 Å². The van der Waals surface area contributed by atoms with Crippen LogP contribution in [-0.4, -0.2) is 53.4 Å². The molecule has 0 unspecified atom stereocenters. The van der Waals surface area contributed by atoms with E-state index in [1.54, 1.807) is 18.9 Å². The number of methoxy groups -OCH3 is 1. The predicted octanol–water partition coefficient (Wildman–Crippen LogP) is 3.80. The number of benzene rings is 1. The van der Waals surface area contributed by atoms with Gasteiger partial charge in [0, 0.05) is 13.1 Å². The predicted molar refractivity (Wildman–Crippen MR) is 119 cm³/mol. The highest BCUT2D eigenvalue weighted by Crippen LogP contribution is 2.26. The molecule has 2 heterocycles. The van der Waals surface area contributed by atoms with Gasteiger partial charge in [0.15, 0.2) is 0 Å². The van der Waals surface area contributed by atoms with Crippen molar-refractivity contribution in [2.24, 2.45) is 11.8 Å². The second-order valence-electron chi connectivity index (χ2n) is 8.46. The fourth-order valence-electron chi connectivity index (χ4n) is 4.12. The lowest BCUT2D eigenvalue weighted by Gasteiger charge is -2.31. The van der Waals surface area contributed by atoms with E-state index in [1.807, 2.05) is 35.9 Å². The number of nitrogens with zero attached hydrogens (tertiary/aromatic N) is 3. The van der Waals surface area contributed by atoms with Crippen molar-refractivity contribution in [1.82, 2.24) is 14.7 Å². The van der Waals surface area contributed by atoms with Crippen molar-refractivity contribution in [1.29, 1.82) is 0 Å². The highest BCUT2D eigenvalue weighted by molar-refractivity contribution is 5.97. The fourth-order valence-corrected chi connectivity index (χ4v) is 4.12. The zero-order valence-corrected chi connectivity index (χ0v) is 19.2. The standard InChI is InChI=1S/C24H33N3O4/c1-6-31-24(29)18-8-7-13-26(15-18)23(28)22-17(4)27(25-21(22)14-16(2)3)19-9-11-20(30-5)12-10-19/h9-12,16,18H,6-8,13-15H2,1-5H3/t18-/m0/s1. The maximum Gasteiger partial charge on any atom is 0.310 e. The van der Waals surface area contributed by atoms with Gasteiger partial charge in [-0.05, 0) is 63.3 Å². The third-order valence-electron chi connectivity index (χ3n) is 5.65. The molecule has 0 spiro atoms. The molecule has 168 valence electrons. The van der Waals surface area contributed by atoms with E-state index in [9.17, 15) is 9.59 Å². The molecule has 1 saturated heterocycles. The maximum absolute atomic E-state index is 13.6. The van der Waals surface area contributed by atoms with Crippen LogP contribution in [0.25, 0.3) is 5.69 Å². The topological polar surface area (TPSA) is 73.7 Å². The number of hydrogen-bond donors (Lipinski definition) is 0. The molecular weight excluding hydrogens is 394 g/mol. The molecular formula is C24H33N3O4. The highest BCUT2D eigenvalue weighted by Gasteiger charge is 2.33. The van der Waals surface area contributed by atoms with Gasteiger partial charge in [-0.1, -0.05) is 13.8 Å².